The van der Waals surface area contributed by atoms with Gasteiger partial charge in [-0.05, 0) is 32.4 Å². The standard InChI is InChI=1S/C18H18N4O5S/c1-8-10(3)28-17-14(8)16(23)20-15(21-17)9(2)27-18(24)12-7-11(22(25)26)5-6-13(12)19-4/h5-7,9,19H,1-4H3,(H,20,21,23)/t9-/m1/s1. The third-order valence-electron chi connectivity index (χ3n) is 4.43. The van der Waals surface area contributed by atoms with Crippen molar-refractivity contribution in [1.29, 1.82) is 0 Å². The topological polar surface area (TPSA) is 127 Å². The smallest absolute Gasteiger partial charge is 0.341 e. The van der Waals surface area contributed by atoms with Gasteiger partial charge in [0.2, 0.25) is 0 Å². The van der Waals surface area contributed by atoms with Crippen LogP contribution in [0.1, 0.15) is 39.7 Å². The van der Waals surface area contributed by atoms with Crippen LogP contribution in [0.5, 0.6) is 0 Å². The molecule has 0 fully saturated rings. The third-order valence-corrected chi connectivity index (χ3v) is 5.53. The van der Waals surface area contributed by atoms with E-state index in [1.54, 1.807) is 14.0 Å². The second-order valence-corrected chi connectivity index (χ2v) is 7.40. The quantitative estimate of drug-likeness (QED) is 0.380. The molecule has 10 heteroatoms. The number of thiophene rings is 1. The number of aromatic nitrogens is 2. The van der Waals surface area contributed by atoms with Crippen molar-refractivity contribution < 1.29 is 14.5 Å². The van der Waals surface area contributed by atoms with Gasteiger partial charge in [0, 0.05) is 29.7 Å². The van der Waals surface area contributed by atoms with Crippen LogP contribution in [0.4, 0.5) is 11.4 Å². The van der Waals surface area contributed by atoms with Crippen molar-refractivity contribution in [3.8, 4) is 0 Å². The predicted molar refractivity (Wildman–Crippen MR) is 106 cm³/mol. The number of rotatable bonds is 5. The van der Waals surface area contributed by atoms with Crippen molar-refractivity contribution in [2.75, 3.05) is 12.4 Å². The number of nitro groups is 1. The molecule has 0 aliphatic heterocycles. The number of nitro benzene ring substituents is 1. The molecule has 0 spiro atoms. The summed E-state index contributed by atoms with van der Waals surface area (Å²) < 4.78 is 5.41. The Balaban J connectivity index is 1.93. The highest BCUT2D eigenvalue weighted by atomic mass is 32.1. The number of benzene rings is 1. The van der Waals surface area contributed by atoms with Crippen molar-refractivity contribution in [2.45, 2.75) is 26.9 Å². The predicted octanol–water partition coefficient (Wildman–Crippen LogP) is 3.47. The Labute approximate surface area is 163 Å². The van der Waals surface area contributed by atoms with Gasteiger partial charge >= 0.3 is 5.97 Å². The molecule has 1 atom stereocenters. The van der Waals surface area contributed by atoms with Gasteiger partial charge in [-0.25, -0.2) is 9.78 Å². The molecule has 0 bridgehead atoms. The fourth-order valence-electron chi connectivity index (χ4n) is 2.78. The molecule has 1 aromatic carbocycles. The summed E-state index contributed by atoms with van der Waals surface area (Å²) in [5, 5.41) is 14.3. The Morgan fingerprint density at radius 2 is 2.11 bits per heavy atom. The van der Waals surface area contributed by atoms with Crippen molar-refractivity contribution in [2.24, 2.45) is 0 Å². The van der Waals surface area contributed by atoms with E-state index in [-0.39, 0.29) is 22.6 Å². The number of aromatic amines is 1. The third kappa shape index (κ3) is 3.46. The van der Waals surface area contributed by atoms with Gasteiger partial charge in [0.25, 0.3) is 11.2 Å². The summed E-state index contributed by atoms with van der Waals surface area (Å²) in [7, 11) is 1.59. The van der Waals surface area contributed by atoms with E-state index in [0.29, 0.717) is 15.9 Å². The number of nitrogens with zero attached hydrogens (tertiary/aromatic N) is 2. The molecule has 28 heavy (non-hydrogen) atoms. The minimum absolute atomic E-state index is 0.0230. The van der Waals surface area contributed by atoms with Crippen LogP contribution in [-0.4, -0.2) is 27.9 Å². The molecule has 146 valence electrons. The lowest BCUT2D eigenvalue weighted by molar-refractivity contribution is -0.384. The number of hydrogen-bond donors (Lipinski definition) is 2. The van der Waals surface area contributed by atoms with Crippen LogP contribution in [0.15, 0.2) is 23.0 Å². The molecule has 0 saturated carbocycles. The molecule has 0 amide bonds. The minimum Gasteiger partial charge on any atom is -0.451 e. The lowest BCUT2D eigenvalue weighted by atomic mass is 10.1. The number of nitrogens with one attached hydrogen (secondary N) is 2. The number of carbonyl (C=O) groups is 1. The largest absolute Gasteiger partial charge is 0.451 e. The average molecular weight is 402 g/mol. The molecule has 0 saturated heterocycles. The zero-order chi connectivity index (χ0) is 20.6. The number of aryl methyl sites for hydroxylation is 2. The summed E-state index contributed by atoms with van der Waals surface area (Å²) in [5.74, 6) is -0.551. The first kappa shape index (κ1) is 19.5. The highest BCUT2D eigenvalue weighted by molar-refractivity contribution is 7.18. The number of carbonyl (C=O) groups excluding carboxylic acids is 1. The molecule has 0 unspecified atom stereocenters. The maximum atomic E-state index is 12.6. The summed E-state index contributed by atoms with van der Waals surface area (Å²) in [6, 6.07) is 3.87. The highest BCUT2D eigenvalue weighted by Crippen LogP contribution is 2.28. The van der Waals surface area contributed by atoms with Gasteiger partial charge in [-0.2, -0.15) is 0 Å². The Morgan fingerprint density at radius 3 is 2.75 bits per heavy atom. The van der Waals surface area contributed by atoms with Crippen LogP contribution >= 0.6 is 11.3 Å². The molecule has 3 rings (SSSR count). The van der Waals surface area contributed by atoms with Crippen molar-refractivity contribution in [1.82, 2.24) is 9.97 Å². The zero-order valence-corrected chi connectivity index (χ0v) is 16.5. The fourth-order valence-corrected chi connectivity index (χ4v) is 3.81. The van der Waals surface area contributed by atoms with E-state index >= 15 is 0 Å². The highest BCUT2D eigenvalue weighted by Gasteiger charge is 2.22. The first-order chi connectivity index (χ1) is 13.2. The fraction of sp³-hybridized carbons (Fsp3) is 0.278. The summed E-state index contributed by atoms with van der Waals surface area (Å²) in [4.78, 5) is 44.0. The number of H-pyrrole nitrogens is 1. The zero-order valence-electron chi connectivity index (χ0n) is 15.7. The number of ether oxygens (including phenoxy) is 1. The first-order valence-corrected chi connectivity index (χ1v) is 9.21. The first-order valence-electron chi connectivity index (χ1n) is 8.40. The van der Waals surface area contributed by atoms with Gasteiger partial charge in [-0.15, -0.1) is 11.3 Å². The number of non-ortho nitro benzene ring substituents is 1. The van der Waals surface area contributed by atoms with Gasteiger partial charge in [0.15, 0.2) is 11.9 Å². The van der Waals surface area contributed by atoms with Crippen molar-refractivity contribution >= 4 is 38.9 Å². The summed E-state index contributed by atoms with van der Waals surface area (Å²) >= 11 is 1.39. The summed E-state index contributed by atoms with van der Waals surface area (Å²) in [6.45, 7) is 5.34. The lowest BCUT2D eigenvalue weighted by Crippen LogP contribution is -2.18. The Morgan fingerprint density at radius 1 is 1.39 bits per heavy atom. The molecule has 2 aromatic heterocycles. The van der Waals surface area contributed by atoms with Gasteiger partial charge in [0.1, 0.15) is 4.83 Å². The molecular weight excluding hydrogens is 384 g/mol. The van der Waals surface area contributed by atoms with Crippen LogP contribution < -0.4 is 10.9 Å². The van der Waals surface area contributed by atoms with Crippen molar-refractivity contribution in [3.63, 3.8) is 0 Å². The second kappa shape index (κ2) is 7.39. The van der Waals surface area contributed by atoms with Gasteiger partial charge in [-0.1, -0.05) is 0 Å². The molecule has 0 aliphatic carbocycles. The average Bonchev–Trinajstić information content (AvgIpc) is 2.95. The van der Waals surface area contributed by atoms with Crippen LogP contribution in [0.2, 0.25) is 0 Å². The van der Waals surface area contributed by atoms with E-state index in [4.69, 9.17) is 4.74 Å². The van der Waals surface area contributed by atoms with Crippen LogP contribution in [0, 0.1) is 24.0 Å². The minimum atomic E-state index is -0.851. The lowest BCUT2D eigenvalue weighted by Gasteiger charge is -2.14. The Kier molecular flexibility index (Phi) is 5.14. The molecule has 2 heterocycles. The molecule has 0 radical (unpaired) electrons. The second-order valence-electron chi connectivity index (χ2n) is 6.20. The summed E-state index contributed by atoms with van der Waals surface area (Å²) in [5.41, 5.74) is 0.770. The van der Waals surface area contributed by atoms with Crippen LogP contribution in [-0.2, 0) is 4.74 Å². The molecule has 9 nitrogen and oxygen atoms in total. The van der Waals surface area contributed by atoms with Gasteiger partial charge < -0.3 is 15.0 Å². The van der Waals surface area contributed by atoms with E-state index in [2.05, 4.69) is 15.3 Å². The van der Waals surface area contributed by atoms with Crippen LogP contribution in [0.25, 0.3) is 10.2 Å². The Hall–Kier alpha value is -3.27. The van der Waals surface area contributed by atoms with Gasteiger partial charge in [-0.3, -0.25) is 14.9 Å². The molecule has 2 N–H and O–H groups in total. The number of fused-ring (bicyclic) bond motifs is 1. The van der Waals surface area contributed by atoms with Crippen molar-refractivity contribution in [3.05, 3.63) is 60.5 Å². The van der Waals surface area contributed by atoms with E-state index in [9.17, 15) is 19.7 Å². The molecule has 0 aliphatic rings. The van der Waals surface area contributed by atoms with E-state index in [0.717, 1.165) is 16.5 Å². The number of anilines is 1. The molecule has 3 aromatic rings. The van der Waals surface area contributed by atoms with E-state index in [1.165, 1.54) is 23.5 Å². The SMILES string of the molecule is CNc1ccc([N+](=O)[O-])cc1C(=O)O[C@H](C)c1nc2sc(C)c(C)c2c(=O)[nH]1. The summed E-state index contributed by atoms with van der Waals surface area (Å²) in [6.07, 6.45) is -0.851. The number of esters is 1. The normalized spacial score (nSPS) is 12.0. The van der Waals surface area contributed by atoms with Crippen LogP contribution in [0.3, 0.4) is 0 Å². The number of hydrogen-bond acceptors (Lipinski definition) is 8. The van der Waals surface area contributed by atoms with E-state index < -0.39 is 17.0 Å². The monoisotopic (exact) mass is 402 g/mol. The Bertz CT molecular complexity index is 1150. The molecular formula is C18H18N4O5S. The maximum Gasteiger partial charge on any atom is 0.341 e. The van der Waals surface area contributed by atoms with Gasteiger partial charge in [0.05, 0.1) is 15.9 Å². The maximum absolute atomic E-state index is 12.6. The van der Waals surface area contributed by atoms with E-state index in [1.807, 2.05) is 13.8 Å².